The normalized spacial score (nSPS) is 19.0. The molecule has 0 aliphatic carbocycles. The minimum Gasteiger partial charge on any atom is -0.492 e. The fraction of sp³-hybridized carbons (Fsp3) is 0.261. The number of aromatic nitrogens is 2. The van der Waals surface area contributed by atoms with Crippen LogP contribution in [-0.2, 0) is 10.2 Å². The number of nitrogens with one attached hydrogen (secondary N) is 1. The van der Waals surface area contributed by atoms with Crippen molar-refractivity contribution in [3.8, 4) is 11.4 Å². The molecule has 3 N–H and O–H groups in total. The van der Waals surface area contributed by atoms with E-state index in [2.05, 4.69) is 14.1 Å². The lowest BCUT2D eigenvalue weighted by molar-refractivity contribution is 0.0633. The van der Waals surface area contributed by atoms with E-state index >= 15 is 0 Å². The molecule has 3 heterocycles. The van der Waals surface area contributed by atoms with Crippen LogP contribution in [0.3, 0.4) is 0 Å². The summed E-state index contributed by atoms with van der Waals surface area (Å²) >= 11 is 0. The molecule has 0 unspecified atom stereocenters. The number of nitrogens with zero attached hydrogens (tertiary/aromatic N) is 4. The average molecular weight is 481 g/mol. The number of benzene rings is 2. The molecule has 1 fully saturated rings. The van der Waals surface area contributed by atoms with Crippen LogP contribution >= 0.6 is 0 Å². The summed E-state index contributed by atoms with van der Waals surface area (Å²) in [7, 11) is -3.85. The summed E-state index contributed by atoms with van der Waals surface area (Å²) < 4.78 is 37.4. The van der Waals surface area contributed by atoms with Gasteiger partial charge >= 0.3 is 10.2 Å². The first-order chi connectivity index (χ1) is 16.4. The standard InChI is InChI=1S/C23H24N6O4S/c24-22-21-19(26-34(31,32)27-22)7-2-8-20(21)33-14-16-4-3-10-28(13-16)23(30)17-5-1-6-18(12-17)29-11-9-25-15-29/h1-2,5-9,11-12,15-16,26H,3-4,10,13-14H2,(H2,24,27)/t16-/m0/s1. The van der Waals surface area contributed by atoms with Crippen molar-refractivity contribution >= 4 is 27.6 Å². The topological polar surface area (TPSA) is 132 Å². The molecule has 1 atom stereocenters. The first-order valence-corrected chi connectivity index (χ1v) is 12.4. The number of carbonyl (C=O) groups excluding carboxylic acids is 1. The Kier molecular flexibility index (Phi) is 5.70. The fourth-order valence-electron chi connectivity index (χ4n) is 4.32. The minimum absolute atomic E-state index is 0.0189. The third kappa shape index (κ3) is 4.46. The van der Waals surface area contributed by atoms with Crippen LogP contribution in [0.5, 0.6) is 5.75 Å². The Hall–Kier alpha value is -3.86. The highest BCUT2D eigenvalue weighted by atomic mass is 32.2. The second kappa shape index (κ2) is 8.82. The van der Waals surface area contributed by atoms with Gasteiger partial charge in [0.15, 0.2) is 5.84 Å². The minimum atomic E-state index is -3.85. The van der Waals surface area contributed by atoms with Gasteiger partial charge < -0.3 is 19.9 Å². The van der Waals surface area contributed by atoms with Gasteiger partial charge in [-0.05, 0) is 43.2 Å². The van der Waals surface area contributed by atoms with Crippen molar-refractivity contribution in [1.29, 1.82) is 0 Å². The number of fused-ring (bicyclic) bond motifs is 1. The van der Waals surface area contributed by atoms with Gasteiger partial charge in [-0.25, -0.2) is 4.98 Å². The summed E-state index contributed by atoms with van der Waals surface area (Å²) in [5, 5.41) is 0. The number of imidazole rings is 1. The third-order valence-corrected chi connectivity index (χ3v) is 6.83. The zero-order valence-corrected chi connectivity index (χ0v) is 19.1. The molecule has 0 radical (unpaired) electrons. The molecular weight excluding hydrogens is 456 g/mol. The van der Waals surface area contributed by atoms with Crippen LogP contribution < -0.4 is 15.2 Å². The van der Waals surface area contributed by atoms with Crippen molar-refractivity contribution in [2.45, 2.75) is 12.8 Å². The van der Waals surface area contributed by atoms with Crippen molar-refractivity contribution in [2.24, 2.45) is 16.0 Å². The lowest BCUT2D eigenvalue weighted by atomic mass is 9.98. The van der Waals surface area contributed by atoms with Gasteiger partial charge in [0, 0.05) is 42.7 Å². The maximum Gasteiger partial charge on any atom is 0.344 e. The fourth-order valence-corrected chi connectivity index (χ4v) is 5.17. The number of carbonyl (C=O) groups is 1. The molecule has 176 valence electrons. The molecule has 34 heavy (non-hydrogen) atoms. The van der Waals surface area contributed by atoms with Crippen LogP contribution in [-0.4, -0.2) is 54.3 Å². The molecule has 0 saturated carbocycles. The Morgan fingerprint density at radius 1 is 1.24 bits per heavy atom. The number of ether oxygens (including phenoxy) is 1. The number of amidine groups is 1. The Morgan fingerprint density at radius 2 is 2.09 bits per heavy atom. The number of anilines is 1. The second-order valence-electron chi connectivity index (χ2n) is 8.32. The molecule has 10 nitrogen and oxygen atoms in total. The van der Waals surface area contributed by atoms with E-state index in [0.717, 1.165) is 18.5 Å². The van der Waals surface area contributed by atoms with Crippen molar-refractivity contribution in [3.05, 3.63) is 72.3 Å². The zero-order chi connectivity index (χ0) is 23.7. The van der Waals surface area contributed by atoms with E-state index in [1.54, 1.807) is 30.7 Å². The highest BCUT2D eigenvalue weighted by Crippen LogP contribution is 2.31. The molecule has 0 bridgehead atoms. The third-order valence-electron chi connectivity index (χ3n) is 5.92. The SMILES string of the molecule is NC1=NS(=O)(=O)Nc2cccc(OC[C@H]3CCCN(C(=O)c4cccc(-n5ccnc5)c4)C3)c21. The predicted molar refractivity (Wildman–Crippen MR) is 127 cm³/mol. The van der Waals surface area contributed by atoms with Gasteiger partial charge in [-0.15, -0.1) is 4.40 Å². The number of rotatable bonds is 5. The number of nitrogens with two attached hydrogens (primary N) is 1. The van der Waals surface area contributed by atoms with Crippen molar-refractivity contribution in [3.63, 3.8) is 0 Å². The maximum absolute atomic E-state index is 13.2. The number of hydrogen-bond acceptors (Lipinski definition) is 6. The highest BCUT2D eigenvalue weighted by molar-refractivity contribution is 7.91. The molecular formula is C23H24N6O4S. The average Bonchev–Trinajstić information content (AvgIpc) is 3.37. The number of piperidine rings is 1. The predicted octanol–water partition coefficient (Wildman–Crippen LogP) is 2.18. The molecule has 1 amide bonds. The van der Waals surface area contributed by atoms with E-state index in [4.69, 9.17) is 10.5 Å². The number of likely N-dealkylation sites (tertiary alicyclic amines) is 1. The van der Waals surface area contributed by atoms with Gasteiger partial charge in [0.05, 0.1) is 24.2 Å². The summed E-state index contributed by atoms with van der Waals surface area (Å²) in [6, 6.07) is 12.5. The second-order valence-corrected chi connectivity index (χ2v) is 9.66. The molecule has 1 aromatic heterocycles. The van der Waals surface area contributed by atoms with Crippen LogP contribution in [0.2, 0.25) is 0 Å². The molecule has 3 aromatic rings. The lowest BCUT2D eigenvalue weighted by Gasteiger charge is -2.33. The quantitative estimate of drug-likeness (QED) is 0.575. The van der Waals surface area contributed by atoms with Crippen LogP contribution in [0.25, 0.3) is 5.69 Å². The van der Waals surface area contributed by atoms with Crippen LogP contribution in [0.4, 0.5) is 5.69 Å². The molecule has 2 aromatic carbocycles. The summed E-state index contributed by atoms with van der Waals surface area (Å²) in [5.74, 6) is 0.457. The Balaban J connectivity index is 1.27. The van der Waals surface area contributed by atoms with Crippen LogP contribution in [0.1, 0.15) is 28.8 Å². The Bertz CT molecular complexity index is 1350. The van der Waals surface area contributed by atoms with Crippen LogP contribution in [0, 0.1) is 5.92 Å². The summed E-state index contributed by atoms with van der Waals surface area (Å²) in [6.07, 6.45) is 7.02. The van der Waals surface area contributed by atoms with E-state index in [-0.39, 0.29) is 17.7 Å². The zero-order valence-electron chi connectivity index (χ0n) is 18.3. The van der Waals surface area contributed by atoms with E-state index in [0.29, 0.717) is 42.3 Å². The summed E-state index contributed by atoms with van der Waals surface area (Å²) in [6.45, 7) is 1.63. The van der Waals surface area contributed by atoms with Gasteiger partial charge in [0.2, 0.25) is 0 Å². The van der Waals surface area contributed by atoms with Gasteiger partial charge in [-0.2, -0.15) is 8.42 Å². The van der Waals surface area contributed by atoms with Gasteiger partial charge in [-0.3, -0.25) is 9.52 Å². The first-order valence-electron chi connectivity index (χ1n) is 10.9. The highest BCUT2D eigenvalue weighted by Gasteiger charge is 2.27. The smallest absolute Gasteiger partial charge is 0.344 e. The largest absolute Gasteiger partial charge is 0.492 e. The number of hydrogen-bond donors (Lipinski definition) is 2. The molecule has 5 rings (SSSR count). The van der Waals surface area contributed by atoms with E-state index in [9.17, 15) is 13.2 Å². The van der Waals surface area contributed by atoms with Gasteiger partial charge in [0.25, 0.3) is 5.91 Å². The Labute approximate surface area is 197 Å². The number of amides is 1. The lowest BCUT2D eigenvalue weighted by Crippen LogP contribution is -2.41. The van der Waals surface area contributed by atoms with E-state index < -0.39 is 10.2 Å². The summed E-state index contributed by atoms with van der Waals surface area (Å²) in [5.41, 5.74) is 8.17. The van der Waals surface area contributed by atoms with E-state index in [1.165, 1.54) is 0 Å². The van der Waals surface area contributed by atoms with E-state index in [1.807, 2.05) is 39.9 Å². The molecule has 2 aliphatic rings. The Morgan fingerprint density at radius 3 is 2.91 bits per heavy atom. The van der Waals surface area contributed by atoms with Crippen molar-refractivity contribution < 1.29 is 17.9 Å². The summed E-state index contributed by atoms with van der Waals surface area (Å²) in [4.78, 5) is 19.1. The first kappa shape index (κ1) is 22.0. The van der Waals surface area contributed by atoms with Gasteiger partial charge in [0.1, 0.15) is 5.75 Å². The molecule has 2 aliphatic heterocycles. The molecule has 0 spiro atoms. The molecule has 11 heteroatoms. The van der Waals surface area contributed by atoms with Gasteiger partial charge in [-0.1, -0.05) is 12.1 Å². The van der Waals surface area contributed by atoms with Crippen LogP contribution in [0.15, 0.2) is 65.6 Å². The maximum atomic E-state index is 13.2. The van der Waals surface area contributed by atoms with Crippen molar-refractivity contribution in [1.82, 2.24) is 14.5 Å². The monoisotopic (exact) mass is 480 g/mol. The van der Waals surface area contributed by atoms with Crippen molar-refractivity contribution in [2.75, 3.05) is 24.4 Å². The molecule has 1 saturated heterocycles.